The second-order valence-electron chi connectivity index (χ2n) is 4.58. The van der Waals surface area contributed by atoms with E-state index in [0.717, 1.165) is 19.1 Å². The lowest BCUT2D eigenvalue weighted by molar-refractivity contribution is 0.191. The third kappa shape index (κ3) is 4.24. The van der Waals surface area contributed by atoms with E-state index in [1.54, 1.807) is 0 Å². The lowest BCUT2D eigenvalue weighted by Gasteiger charge is -2.34. The fourth-order valence-electron chi connectivity index (χ4n) is 2.34. The van der Waals surface area contributed by atoms with E-state index < -0.39 is 0 Å². The molecule has 1 fully saturated rings. The molecule has 2 heteroatoms. The zero-order valence-electron chi connectivity index (χ0n) is 10.1. The SMILES string of the molecule is C#CCN(C)C1CCC(NCCC)CC1. The summed E-state index contributed by atoms with van der Waals surface area (Å²) in [5.74, 6) is 2.72. The molecule has 0 aromatic rings. The van der Waals surface area contributed by atoms with Crippen LogP contribution < -0.4 is 5.32 Å². The molecule has 15 heavy (non-hydrogen) atoms. The summed E-state index contributed by atoms with van der Waals surface area (Å²) in [7, 11) is 2.14. The van der Waals surface area contributed by atoms with Crippen molar-refractivity contribution in [1.29, 1.82) is 0 Å². The Bertz CT molecular complexity index is 199. The van der Waals surface area contributed by atoms with Crippen LogP contribution in [0.15, 0.2) is 0 Å². The summed E-state index contributed by atoms with van der Waals surface area (Å²) < 4.78 is 0. The van der Waals surface area contributed by atoms with Crippen molar-refractivity contribution in [2.75, 3.05) is 20.1 Å². The van der Waals surface area contributed by atoms with Gasteiger partial charge in [-0.3, -0.25) is 4.90 Å². The molecule has 0 radical (unpaired) electrons. The van der Waals surface area contributed by atoms with Gasteiger partial charge in [-0.2, -0.15) is 0 Å². The Balaban J connectivity index is 2.20. The van der Waals surface area contributed by atoms with Crippen LogP contribution in [-0.4, -0.2) is 37.1 Å². The number of terminal acetylenes is 1. The zero-order valence-corrected chi connectivity index (χ0v) is 10.1. The predicted octanol–water partition coefficient (Wildman–Crippen LogP) is 1.86. The highest BCUT2D eigenvalue weighted by Crippen LogP contribution is 2.22. The molecule has 86 valence electrons. The number of hydrogen-bond donors (Lipinski definition) is 1. The largest absolute Gasteiger partial charge is 0.314 e. The highest BCUT2D eigenvalue weighted by atomic mass is 15.1. The van der Waals surface area contributed by atoms with Crippen molar-refractivity contribution >= 4 is 0 Å². The molecule has 0 saturated heterocycles. The first kappa shape index (κ1) is 12.5. The minimum absolute atomic E-state index is 0.709. The van der Waals surface area contributed by atoms with Crippen LogP contribution in [0.4, 0.5) is 0 Å². The van der Waals surface area contributed by atoms with Gasteiger partial charge in [0.25, 0.3) is 0 Å². The Morgan fingerprint density at radius 2 is 2.00 bits per heavy atom. The summed E-state index contributed by atoms with van der Waals surface area (Å²) in [6.07, 6.45) is 11.8. The van der Waals surface area contributed by atoms with E-state index >= 15 is 0 Å². The molecule has 0 aliphatic heterocycles. The van der Waals surface area contributed by atoms with Crippen LogP contribution in [0.1, 0.15) is 39.0 Å². The van der Waals surface area contributed by atoms with Crippen LogP contribution in [0.5, 0.6) is 0 Å². The smallest absolute Gasteiger partial charge is 0.0598 e. The van der Waals surface area contributed by atoms with Gasteiger partial charge in [0.2, 0.25) is 0 Å². The molecular formula is C13H24N2. The van der Waals surface area contributed by atoms with Gasteiger partial charge in [0.1, 0.15) is 0 Å². The molecule has 1 saturated carbocycles. The van der Waals surface area contributed by atoms with Crippen molar-refractivity contribution in [2.24, 2.45) is 0 Å². The standard InChI is InChI=1S/C13H24N2/c1-4-10-14-12-6-8-13(9-7-12)15(3)11-5-2/h2,12-14H,4,6-11H2,1,3H3. The zero-order chi connectivity index (χ0) is 11.1. The fraction of sp³-hybridized carbons (Fsp3) is 0.846. The van der Waals surface area contributed by atoms with Gasteiger partial charge in [-0.25, -0.2) is 0 Å². The summed E-state index contributed by atoms with van der Waals surface area (Å²) in [6.45, 7) is 4.17. The van der Waals surface area contributed by atoms with Gasteiger partial charge in [-0.1, -0.05) is 12.8 Å². The minimum atomic E-state index is 0.709. The topological polar surface area (TPSA) is 15.3 Å². The molecule has 0 amide bonds. The molecule has 1 aliphatic carbocycles. The number of rotatable bonds is 5. The van der Waals surface area contributed by atoms with Crippen LogP contribution in [-0.2, 0) is 0 Å². The summed E-state index contributed by atoms with van der Waals surface area (Å²) >= 11 is 0. The Hall–Kier alpha value is -0.520. The lowest BCUT2D eigenvalue weighted by atomic mass is 9.90. The van der Waals surface area contributed by atoms with Gasteiger partial charge in [0, 0.05) is 12.1 Å². The van der Waals surface area contributed by atoms with Crippen LogP contribution in [0.25, 0.3) is 0 Å². The molecule has 0 aromatic carbocycles. The second kappa shape index (κ2) is 6.87. The Morgan fingerprint density at radius 3 is 2.53 bits per heavy atom. The number of hydrogen-bond acceptors (Lipinski definition) is 2. The monoisotopic (exact) mass is 208 g/mol. The normalized spacial score (nSPS) is 26.5. The molecule has 0 aromatic heterocycles. The molecule has 0 heterocycles. The summed E-state index contributed by atoms with van der Waals surface area (Å²) in [4.78, 5) is 2.32. The average Bonchev–Trinajstić information content (AvgIpc) is 2.27. The molecule has 1 aliphatic rings. The molecule has 2 nitrogen and oxygen atoms in total. The molecule has 0 bridgehead atoms. The second-order valence-corrected chi connectivity index (χ2v) is 4.58. The molecule has 0 unspecified atom stereocenters. The van der Waals surface area contributed by atoms with Crippen molar-refractivity contribution < 1.29 is 0 Å². The molecule has 0 atom stereocenters. The predicted molar refractivity (Wildman–Crippen MR) is 65.8 cm³/mol. The van der Waals surface area contributed by atoms with E-state index in [-0.39, 0.29) is 0 Å². The fourth-order valence-corrected chi connectivity index (χ4v) is 2.34. The Kier molecular flexibility index (Phi) is 5.75. The van der Waals surface area contributed by atoms with Gasteiger partial charge in [0.15, 0.2) is 0 Å². The maximum absolute atomic E-state index is 5.33. The van der Waals surface area contributed by atoms with Gasteiger partial charge in [-0.05, 0) is 45.7 Å². The van der Waals surface area contributed by atoms with Gasteiger partial charge in [-0.15, -0.1) is 6.42 Å². The molecule has 1 rings (SSSR count). The van der Waals surface area contributed by atoms with Crippen molar-refractivity contribution in [2.45, 2.75) is 51.1 Å². The van der Waals surface area contributed by atoms with E-state index in [4.69, 9.17) is 6.42 Å². The average molecular weight is 208 g/mol. The third-order valence-electron chi connectivity index (χ3n) is 3.34. The summed E-state index contributed by atoms with van der Waals surface area (Å²) in [5, 5.41) is 3.60. The number of nitrogens with one attached hydrogen (secondary N) is 1. The van der Waals surface area contributed by atoms with Gasteiger partial charge < -0.3 is 5.32 Å². The van der Waals surface area contributed by atoms with E-state index in [2.05, 4.69) is 30.1 Å². The minimum Gasteiger partial charge on any atom is -0.314 e. The first-order valence-electron chi connectivity index (χ1n) is 6.15. The molecular weight excluding hydrogens is 184 g/mol. The van der Waals surface area contributed by atoms with Crippen LogP contribution in [0.3, 0.4) is 0 Å². The van der Waals surface area contributed by atoms with E-state index in [1.165, 1.54) is 32.1 Å². The first-order chi connectivity index (χ1) is 7.27. The van der Waals surface area contributed by atoms with Crippen molar-refractivity contribution in [3.8, 4) is 12.3 Å². The Labute approximate surface area is 94.4 Å². The highest BCUT2D eigenvalue weighted by Gasteiger charge is 2.22. The van der Waals surface area contributed by atoms with E-state index in [1.807, 2.05) is 0 Å². The Morgan fingerprint density at radius 1 is 1.33 bits per heavy atom. The highest BCUT2D eigenvalue weighted by molar-refractivity contribution is 4.91. The van der Waals surface area contributed by atoms with Crippen molar-refractivity contribution in [1.82, 2.24) is 10.2 Å². The van der Waals surface area contributed by atoms with Crippen molar-refractivity contribution in [3.05, 3.63) is 0 Å². The third-order valence-corrected chi connectivity index (χ3v) is 3.34. The molecule has 1 N–H and O–H groups in total. The van der Waals surface area contributed by atoms with E-state index in [0.29, 0.717) is 6.04 Å². The summed E-state index contributed by atoms with van der Waals surface area (Å²) in [5.41, 5.74) is 0. The van der Waals surface area contributed by atoms with E-state index in [9.17, 15) is 0 Å². The first-order valence-corrected chi connectivity index (χ1v) is 6.15. The van der Waals surface area contributed by atoms with Crippen LogP contribution in [0, 0.1) is 12.3 Å². The van der Waals surface area contributed by atoms with Crippen LogP contribution in [0.2, 0.25) is 0 Å². The van der Waals surface area contributed by atoms with Gasteiger partial charge >= 0.3 is 0 Å². The maximum Gasteiger partial charge on any atom is 0.0598 e. The van der Waals surface area contributed by atoms with Crippen LogP contribution >= 0.6 is 0 Å². The van der Waals surface area contributed by atoms with Crippen molar-refractivity contribution in [3.63, 3.8) is 0 Å². The number of nitrogens with zero attached hydrogens (tertiary/aromatic N) is 1. The van der Waals surface area contributed by atoms with Gasteiger partial charge in [0.05, 0.1) is 6.54 Å². The molecule has 0 spiro atoms. The summed E-state index contributed by atoms with van der Waals surface area (Å²) in [6, 6.07) is 1.46. The lowest BCUT2D eigenvalue weighted by Crippen LogP contribution is -2.41. The quantitative estimate of drug-likeness (QED) is 0.694. The maximum atomic E-state index is 5.33.